The number of carbonyl (C=O) groups is 1. The van der Waals surface area contributed by atoms with Crippen LogP contribution in [0.25, 0.3) is 0 Å². The van der Waals surface area contributed by atoms with E-state index in [4.69, 9.17) is 0 Å². The lowest BCUT2D eigenvalue weighted by Crippen LogP contribution is -2.08. The standard InChI is InChI=1S/C11H19NO/c1-9(11(3,4)5)6-7-10(2)12-8-13/h6-8H,1-5H3,(H,12,13)/b9-6+,10-7+. The van der Waals surface area contributed by atoms with E-state index < -0.39 is 0 Å². The minimum Gasteiger partial charge on any atom is -0.333 e. The van der Waals surface area contributed by atoms with Crippen molar-refractivity contribution in [2.75, 3.05) is 0 Å². The average Bonchev–Trinajstić information content (AvgIpc) is 1.99. The highest BCUT2D eigenvalue weighted by atomic mass is 16.1. The van der Waals surface area contributed by atoms with Gasteiger partial charge in [0.2, 0.25) is 6.41 Å². The zero-order chi connectivity index (χ0) is 10.5. The van der Waals surface area contributed by atoms with Crippen molar-refractivity contribution in [3.8, 4) is 0 Å². The molecule has 0 aromatic rings. The summed E-state index contributed by atoms with van der Waals surface area (Å²) < 4.78 is 0. The molecule has 0 aromatic carbocycles. The topological polar surface area (TPSA) is 29.1 Å². The zero-order valence-corrected chi connectivity index (χ0v) is 9.14. The number of rotatable bonds is 3. The van der Waals surface area contributed by atoms with Crippen molar-refractivity contribution in [2.24, 2.45) is 5.41 Å². The van der Waals surface area contributed by atoms with Crippen LogP contribution < -0.4 is 5.32 Å². The number of nitrogens with one attached hydrogen (secondary N) is 1. The normalized spacial score (nSPS) is 14.2. The third-order valence-corrected chi connectivity index (χ3v) is 2.05. The lowest BCUT2D eigenvalue weighted by Gasteiger charge is -2.18. The molecule has 2 heteroatoms. The highest BCUT2D eigenvalue weighted by molar-refractivity contribution is 5.49. The first-order chi connectivity index (χ1) is 5.88. The van der Waals surface area contributed by atoms with E-state index in [1.165, 1.54) is 5.57 Å². The van der Waals surface area contributed by atoms with Gasteiger partial charge in [-0.2, -0.15) is 0 Å². The van der Waals surface area contributed by atoms with Gasteiger partial charge in [0, 0.05) is 5.70 Å². The molecule has 0 saturated carbocycles. The number of hydrogen-bond acceptors (Lipinski definition) is 1. The SMILES string of the molecule is C/C(=C\C=C(/C)C(C)(C)C)NC=O. The Kier molecular flexibility index (Phi) is 4.46. The van der Waals surface area contributed by atoms with E-state index in [2.05, 4.69) is 33.0 Å². The number of hydrogen-bond donors (Lipinski definition) is 1. The van der Waals surface area contributed by atoms with Crippen molar-refractivity contribution >= 4 is 6.41 Å². The van der Waals surface area contributed by atoms with E-state index in [1.54, 1.807) is 0 Å². The van der Waals surface area contributed by atoms with Crippen LogP contribution in [-0.2, 0) is 4.79 Å². The highest BCUT2D eigenvalue weighted by Gasteiger charge is 2.10. The van der Waals surface area contributed by atoms with Gasteiger partial charge < -0.3 is 5.32 Å². The maximum absolute atomic E-state index is 10.1. The third-order valence-electron chi connectivity index (χ3n) is 2.05. The fourth-order valence-electron chi connectivity index (χ4n) is 0.641. The monoisotopic (exact) mass is 181 g/mol. The van der Waals surface area contributed by atoms with Crippen molar-refractivity contribution in [3.63, 3.8) is 0 Å². The first-order valence-corrected chi connectivity index (χ1v) is 4.44. The number of carbonyl (C=O) groups excluding carboxylic acids is 1. The van der Waals surface area contributed by atoms with E-state index in [-0.39, 0.29) is 5.41 Å². The Balaban J connectivity index is 4.41. The summed E-state index contributed by atoms with van der Waals surface area (Å²) in [5, 5.41) is 2.59. The highest BCUT2D eigenvalue weighted by Crippen LogP contribution is 2.24. The Bertz CT molecular complexity index is 231. The summed E-state index contributed by atoms with van der Waals surface area (Å²) in [6, 6.07) is 0. The van der Waals surface area contributed by atoms with Gasteiger partial charge in [-0.25, -0.2) is 0 Å². The van der Waals surface area contributed by atoms with Crippen molar-refractivity contribution < 1.29 is 4.79 Å². The predicted molar refractivity (Wildman–Crippen MR) is 56.2 cm³/mol. The molecular formula is C11H19NO. The molecule has 0 aromatic heterocycles. The van der Waals surface area contributed by atoms with Gasteiger partial charge in [-0.1, -0.05) is 32.4 Å². The maximum atomic E-state index is 10.1. The number of amides is 1. The molecule has 0 rings (SSSR count). The third kappa shape index (κ3) is 5.23. The van der Waals surface area contributed by atoms with Crippen LogP contribution in [0.5, 0.6) is 0 Å². The minimum absolute atomic E-state index is 0.192. The van der Waals surface area contributed by atoms with Crippen molar-refractivity contribution in [2.45, 2.75) is 34.6 Å². The van der Waals surface area contributed by atoms with Crippen LogP contribution in [0.3, 0.4) is 0 Å². The molecular weight excluding hydrogens is 162 g/mol. The van der Waals surface area contributed by atoms with E-state index >= 15 is 0 Å². The second-order valence-electron chi connectivity index (χ2n) is 4.21. The molecule has 0 aliphatic carbocycles. The molecule has 0 spiro atoms. The summed E-state index contributed by atoms with van der Waals surface area (Å²) >= 11 is 0. The molecule has 0 unspecified atom stereocenters. The Morgan fingerprint density at radius 2 is 1.69 bits per heavy atom. The Morgan fingerprint density at radius 3 is 2.08 bits per heavy atom. The van der Waals surface area contributed by atoms with Crippen LogP contribution in [0, 0.1) is 5.41 Å². The first-order valence-electron chi connectivity index (χ1n) is 4.44. The molecule has 0 atom stereocenters. The van der Waals surface area contributed by atoms with E-state index in [0.717, 1.165) is 5.70 Å². The summed E-state index contributed by atoms with van der Waals surface area (Å²) in [4.78, 5) is 10.1. The van der Waals surface area contributed by atoms with Gasteiger partial charge in [0.05, 0.1) is 0 Å². The molecule has 0 bridgehead atoms. The second-order valence-corrected chi connectivity index (χ2v) is 4.21. The molecule has 74 valence electrons. The Labute approximate surface area is 80.7 Å². The molecule has 0 saturated heterocycles. The molecule has 2 nitrogen and oxygen atoms in total. The van der Waals surface area contributed by atoms with Crippen molar-refractivity contribution in [1.29, 1.82) is 0 Å². The summed E-state index contributed by atoms with van der Waals surface area (Å²) in [7, 11) is 0. The minimum atomic E-state index is 0.192. The first kappa shape index (κ1) is 11.9. The quantitative estimate of drug-likeness (QED) is 0.526. The fraction of sp³-hybridized carbons (Fsp3) is 0.545. The van der Waals surface area contributed by atoms with Crippen LogP contribution in [0.1, 0.15) is 34.6 Å². The molecule has 0 radical (unpaired) electrons. The maximum Gasteiger partial charge on any atom is 0.211 e. The van der Waals surface area contributed by atoms with Crippen LogP contribution in [0.4, 0.5) is 0 Å². The smallest absolute Gasteiger partial charge is 0.211 e. The molecule has 1 N–H and O–H groups in total. The summed E-state index contributed by atoms with van der Waals surface area (Å²) in [6.07, 6.45) is 4.63. The van der Waals surface area contributed by atoms with Crippen LogP contribution in [0.2, 0.25) is 0 Å². The Hall–Kier alpha value is -1.05. The Morgan fingerprint density at radius 1 is 1.15 bits per heavy atom. The molecule has 13 heavy (non-hydrogen) atoms. The van der Waals surface area contributed by atoms with Crippen LogP contribution >= 0.6 is 0 Å². The molecule has 0 fully saturated rings. The van der Waals surface area contributed by atoms with Gasteiger partial charge in [0.15, 0.2) is 0 Å². The summed E-state index contributed by atoms with van der Waals surface area (Å²) in [5.41, 5.74) is 2.34. The molecule has 0 aliphatic heterocycles. The van der Waals surface area contributed by atoms with E-state index in [1.807, 2.05) is 19.1 Å². The lowest BCUT2D eigenvalue weighted by atomic mass is 9.87. The van der Waals surface area contributed by atoms with Gasteiger partial charge in [0.25, 0.3) is 0 Å². The fourth-order valence-corrected chi connectivity index (χ4v) is 0.641. The largest absolute Gasteiger partial charge is 0.333 e. The van der Waals surface area contributed by atoms with Gasteiger partial charge in [-0.3, -0.25) is 4.79 Å². The lowest BCUT2D eigenvalue weighted by molar-refractivity contribution is -0.108. The summed E-state index contributed by atoms with van der Waals surface area (Å²) in [5.74, 6) is 0. The predicted octanol–water partition coefficient (Wildman–Crippen LogP) is 2.63. The molecule has 1 amide bonds. The van der Waals surface area contributed by atoms with E-state index in [0.29, 0.717) is 6.41 Å². The second kappa shape index (κ2) is 4.85. The van der Waals surface area contributed by atoms with Gasteiger partial charge in [0.1, 0.15) is 0 Å². The van der Waals surface area contributed by atoms with Crippen molar-refractivity contribution in [3.05, 3.63) is 23.4 Å². The zero-order valence-electron chi connectivity index (χ0n) is 9.14. The van der Waals surface area contributed by atoms with Crippen LogP contribution in [-0.4, -0.2) is 6.41 Å². The molecule has 0 heterocycles. The van der Waals surface area contributed by atoms with Crippen molar-refractivity contribution in [1.82, 2.24) is 5.32 Å². The summed E-state index contributed by atoms with van der Waals surface area (Å²) in [6.45, 7) is 10.4. The number of allylic oxidation sites excluding steroid dienone is 4. The van der Waals surface area contributed by atoms with Gasteiger partial charge in [-0.05, 0) is 25.3 Å². The average molecular weight is 181 g/mol. The van der Waals surface area contributed by atoms with Crippen LogP contribution in [0.15, 0.2) is 23.4 Å². The van der Waals surface area contributed by atoms with Gasteiger partial charge in [-0.15, -0.1) is 0 Å². The molecule has 0 aliphatic rings. The van der Waals surface area contributed by atoms with Gasteiger partial charge >= 0.3 is 0 Å². The van der Waals surface area contributed by atoms with E-state index in [9.17, 15) is 4.79 Å².